The molecule has 0 heterocycles. The Morgan fingerprint density at radius 3 is 2.82 bits per heavy atom. The highest BCUT2D eigenvalue weighted by Crippen LogP contribution is 2.13. The molecule has 0 spiro atoms. The number of benzene rings is 1. The predicted octanol–water partition coefficient (Wildman–Crippen LogP) is 1.33. The topological polar surface area (TPSA) is 86.0 Å². The summed E-state index contributed by atoms with van der Waals surface area (Å²) in [5.74, 6) is 1.25. The van der Waals surface area contributed by atoms with Crippen molar-refractivity contribution < 1.29 is 4.74 Å². The molecule has 17 heavy (non-hydrogen) atoms. The van der Waals surface area contributed by atoms with Crippen molar-refractivity contribution in [2.75, 3.05) is 6.61 Å². The van der Waals surface area contributed by atoms with Crippen LogP contribution in [0.5, 0.6) is 5.75 Å². The summed E-state index contributed by atoms with van der Waals surface area (Å²) in [6.45, 7) is 4.89. The first-order valence-electron chi connectivity index (χ1n) is 5.42. The molecule has 0 saturated carbocycles. The second-order valence-electron chi connectivity index (χ2n) is 4.05. The minimum Gasteiger partial charge on any atom is -0.493 e. The molecular formula is C12H18N4O. The van der Waals surface area contributed by atoms with Crippen LogP contribution in [0.3, 0.4) is 0 Å². The van der Waals surface area contributed by atoms with Gasteiger partial charge in [-0.1, -0.05) is 26.0 Å². The normalized spacial score (nSPS) is 10.8. The first kappa shape index (κ1) is 13.0. The van der Waals surface area contributed by atoms with Crippen LogP contribution in [0.15, 0.2) is 34.5 Å². The van der Waals surface area contributed by atoms with Crippen LogP contribution in [0.4, 0.5) is 0 Å². The third kappa shape index (κ3) is 5.55. The highest BCUT2D eigenvalue weighted by Gasteiger charge is 1.97. The fourth-order valence-corrected chi connectivity index (χ4v) is 1.11. The van der Waals surface area contributed by atoms with Gasteiger partial charge >= 0.3 is 0 Å². The molecule has 1 aromatic rings. The third-order valence-electron chi connectivity index (χ3n) is 1.82. The summed E-state index contributed by atoms with van der Waals surface area (Å²) in [6.07, 6.45) is 1.57. The van der Waals surface area contributed by atoms with E-state index in [1.807, 2.05) is 24.3 Å². The van der Waals surface area contributed by atoms with Crippen LogP contribution in [-0.2, 0) is 0 Å². The highest BCUT2D eigenvalue weighted by atomic mass is 16.5. The van der Waals surface area contributed by atoms with E-state index < -0.39 is 0 Å². The Balaban J connectivity index is 2.65. The van der Waals surface area contributed by atoms with Crippen molar-refractivity contribution in [2.45, 2.75) is 13.8 Å². The minimum absolute atomic E-state index is 0.0616. The molecule has 0 fully saturated rings. The van der Waals surface area contributed by atoms with Crippen LogP contribution in [0.25, 0.3) is 0 Å². The third-order valence-corrected chi connectivity index (χ3v) is 1.82. The predicted molar refractivity (Wildman–Crippen MR) is 70.2 cm³/mol. The number of nitrogens with zero attached hydrogens (tertiary/aromatic N) is 2. The summed E-state index contributed by atoms with van der Waals surface area (Å²) in [5.41, 5.74) is 11.2. The SMILES string of the molecule is CC(C)COc1cccc(/C=N\N=C(N)N)c1. The Labute approximate surface area is 101 Å². The molecule has 1 rings (SSSR count). The van der Waals surface area contributed by atoms with Gasteiger partial charge in [-0.05, 0) is 23.6 Å². The van der Waals surface area contributed by atoms with E-state index in [0.29, 0.717) is 12.5 Å². The number of hydrogen-bond donors (Lipinski definition) is 2. The maximum atomic E-state index is 5.59. The Morgan fingerprint density at radius 1 is 1.41 bits per heavy atom. The summed E-state index contributed by atoms with van der Waals surface area (Å²) in [6, 6.07) is 7.58. The molecule has 0 unspecified atom stereocenters. The number of rotatable bonds is 5. The maximum Gasteiger partial charge on any atom is 0.211 e. The van der Waals surface area contributed by atoms with Gasteiger partial charge in [0.15, 0.2) is 0 Å². The van der Waals surface area contributed by atoms with Crippen molar-refractivity contribution in [3.63, 3.8) is 0 Å². The quantitative estimate of drug-likeness (QED) is 0.458. The lowest BCUT2D eigenvalue weighted by molar-refractivity contribution is 0.271. The van der Waals surface area contributed by atoms with Gasteiger partial charge in [-0.3, -0.25) is 0 Å². The number of guanidine groups is 1. The average Bonchev–Trinajstić information content (AvgIpc) is 2.26. The molecule has 0 radical (unpaired) electrons. The van der Waals surface area contributed by atoms with Crippen LogP contribution >= 0.6 is 0 Å². The van der Waals surface area contributed by atoms with E-state index in [-0.39, 0.29) is 5.96 Å². The molecule has 0 saturated heterocycles. The van der Waals surface area contributed by atoms with Gasteiger partial charge in [-0.15, -0.1) is 5.10 Å². The zero-order valence-corrected chi connectivity index (χ0v) is 10.1. The summed E-state index contributed by atoms with van der Waals surface area (Å²) < 4.78 is 5.59. The Morgan fingerprint density at radius 2 is 2.18 bits per heavy atom. The van der Waals surface area contributed by atoms with E-state index in [9.17, 15) is 0 Å². The molecule has 0 aliphatic rings. The van der Waals surface area contributed by atoms with Crippen LogP contribution in [-0.4, -0.2) is 18.8 Å². The Hall–Kier alpha value is -2.04. The molecule has 5 nitrogen and oxygen atoms in total. The average molecular weight is 234 g/mol. The molecule has 1 aromatic carbocycles. The summed E-state index contributed by atoms with van der Waals surface area (Å²) in [7, 11) is 0. The van der Waals surface area contributed by atoms with Crippen LogP contribution < -0.4 is 16.2 Å². The molecule has 0 atom stereocenters. The van der Waals surface area contributed by atoms with E-state index >= 15 is 0 Å². The fraction of sp³-hybridized carbons (Fsp3) is 0.333. The van der Waals surface area contributed by atoms with E-state index in [4.69, 9.17) is 16.2 Å². The van der Waals surface area contributed by atoms with E-state index in [1.165, 1.54) is 0 Å². The smallest absolute Gasteiger partial charge is 0.211 e. The summed E-state index contributed by atoms with van der Waals surface area (Å²) in [5, 5.41) is 7.26. The molecule has 5 heteroatoms. The fourth-order valence-electron chi connectivity index (χ4n) is 1.11. The summed E-state index contributed by atoms with van der Waals surface area (Å²) in [4.78, 5) is 0. The van der Waals surface area contributed by atoms with Gasteiger partial charge in [-0.2, -0.15) is 5.10 Å². The van der Waals surface area contributed by atoms with Crippen molar-refractivity contribution >= 4 is 12.2 Å². The van der Waals surface area contributed by atoms with Gasteiger partial charge in [0.1, 0.15) is 5.75 Å². The van der Waals surface area contributed by atoms with Gasteiger partial charge in [0.25, 0.3) is 0 Å². The van der Waals surface area contributed by atoms with Crippen molar-refractivity contribution in [3.8, 4) is 5.75 Å². The molecule has 0 aliphatic heterocycles. The van der Waals surface area contributed by atoms with Crippen molar-refractivity contribution in [3.05, 3.63) is 29.8 Å². The first-order chi connectivity index (χ1) is 8.08. The van der Waals surface area contributed by atoms with Crippen molar-refractivity contribution in [2.24, 2.45) is 27.6 Å². The summed E-state index contributed by atoms with van der Waals surface area (Å²) >= 11 is 0. The van der Waals surface area contributed by atoms with Gasteiger partial charge in [-0.25, -0.2) is 0 Å². The monoisotopic (exact) mass is 234 g/mol. The lowest BCUT2D eigenvalue weighted by Gasteiger charge is -2.08. The Bertz CT molecular complexity index is 409. The van der Waals surface area contributed by atoms with Gasteiger partial charge in [0.2, 0.25) is 5.96 Å². The maximum absolute atomic E-state index is 5.59. The lowest BCUT2D eigenvalue weighted by atomic mass is 10.2. The second kappa shape index (κ2) is 6.52. The van der Waals surface area contributed by atoms with E-state index in [2.05, 4.69) is 24.1 Å². The molecule has 0 bridgehead atoms. The number of hydrogen-bond acceptors (Lipinski definition) is 3. The van der Waals surface area contributed by atoms with Crippen LogP contribution in [0.2, 0.25) is 0 Å². The van der Waals surface area contributed by atoms with Crippen LogP contribution in [0, 0.1) is 5.92 Å². The van der Waals surface area contributed by atoms with Crippen molar-refractivity contribution in [1.82, 2.24) is 0 Å². The minimum atomic E-state index is -0.0616. The number of ether oxygens (including phenoxy) is 1. The van der Waals surface area contributed by atoms with Crippen LogP contribution in [0.1, 0.15) is 19.4 Å². The Kier molecular flexibility index (Phi) is 5.00. The molecule has 92 valence electrons. The second-order valence-corrected chi connectivity index (χ2v) is 4.05. The van der Waals surface area contributed by atoms with Gasteiger partial charge in [0.05, 0.1) is 12.8 Å². The largest absolute Gasteiger partial charge is 0.493 e. The number of nitrogens with two attached hydrogens (primary N) is 2. The standard InChI is InChI=1S/C12H18N4O/c1-9(2)8-17-11-5-3-4-10(6-11)7-15-16-12(13)14/h3-7,9H,8H2,1-2H3,(H4,13,14,16)/b15-7-. The van der Waals surface area contributed by atoms with Gasteiger partial charge in [0, 0.05) is 0 Å². The molecular weight excluding hydrogens is 216 g/mol. The first-order valence-corrected chi connectivity index (χ1v) is 5.42. The highest BCUT2D eigenvalue weighted by molar-refractivity contribution is 5.81. The zero-order chi connectivity index (χ0) is 12.7. The molecule has 0 aliphatic carbocycles. The van der Waals surface area contributed by atoms with Crippen molar-refractivity contribution in [1.29, 1.82) is 0 Å². The van der Waals surface area contributed by atoms with E-state index in [1.54, 1.807) is 6.21 Å². The van der Waals surface area contributed by atoms with Gasteiger partial charge < -0.3 is 16.2 Å². The molecule has 0 amide bonds. The molecule has 4 N–H and O–H groups in total. The zero-order valence-electron chi connectivity index (χ0n) is 10.1. The molecule has 0 aromatic heterocycles. The van der Waals surface area contributed by atoms with E-state index in [0.717, 1.165) is 11.3 Å². The lowest BCUT2D eigenvalue weighted by Crippen LogP contribution is -2.21.